The van der Waals surface area contributed by atoms with Crippen LogP contribution in [0.15, 0.2) is 24.3 Å². The highest BCUT2D eigenvalue weighted by molar-refractivity contribution is 7.80. The average molecular weight is 250 g/mol. The molecule has 5 heteroatoms. The number of hydrogen-bond donors (Lipinski definition) is 1. The highest BCUT2D eigenvalue weighted by Gasteiger charge is 2.31. The number of amides is 1. The van der Waals surface area contributed by atoms with E-state index in [1.165, 1.54) is 0 Å². The summed E-state index contributed by atoms with van der Waals surface area (Å²) in [5.41, 5.74) is 1.03. The van der Waals surface area contributed by atoms with Crippen LogP contribution in [0.5, 0.6) is 5.75 Å². The van der Waals surface area contributed by atoms with E-state index in [1.807, 2.05) is 31.2 Å². The number of nitrogens with one attached hydrogen (secondary N) is 1. The summed E-state index contributed by atoms with van der Waals surface area (Å²) in [6.07, 6.45) is 0. The SMILES string of the molecule is COc1ccc(CN2C(=O)[C@@H](C)NC2=S)cc1. The number of nitrogens with zero attached hydrogens (tertiary/aromatic N) is 1. The number of rotatable bonds is 3. The highest BCUT2D eigenvalue weighted by Crippen LogP contribution is 2.15. The van der Waals surface area contributed by atoms with Crippen molar-refractivity contribution in [2.75, 3.05) is 7.11 Å². The summed E-state index contributed by atoms with van der Waals surface area (Å²) >= 11 is 5.11. The van der Waals surface area contributed by atoms with Crippen LogP contribution >= 0.6 is 12.2 Å². The number of ether oxygens (including phenoxy) is 1. The Balaban J connectivity index is 2.10. The molecule has 17 heavy (non-hydrogen) atoms. The molecule has 1 aromatic carbocycles. The lowest BCUT2D eigenvalue weighted by atomic mass is 10.2. The summed E-state index contributed by atoms with van der Waals surface area (Å²) in [5, 5.41) is 3.44. The molecule has 1 aliphatic rings. The van der Waals surface area contributed by atoms with Crippen molar-refractivity contribution in [3.63, 3.8) is 0 Å². The normalized spacial score (nSPS) is 19.4. The molecule has 1 N–H and O–H groups in total. The van der Waals surface area contributed by atoms with E-state index in [0.29, 0.717) is 11.7 Å². The molecule has 0 spiro atoms. The minimum Gasteiger partial charge on any atom is -0.497 e. The van der Waals surface area contributed by atoms with E-state index in [1.54, 1.807) is 12.0 Å². The number of carbonyl (C=O) groups excluding carboxylic acids is 1. The van der Waals surface area contributed by atoms with Crippen molar-refractivity contribution >= 4 is 23.2 Å². The molecule has 0 aromatic heterocycles. The van der Waals surface area contributed by atoms with E-state index in [9.17, 15) is 4.79 Å². The van der Waals surface area contributed by atoms with Crippen LogP contribution in [0.1, 0.15) is 12.5 Å². The lowest BCUT2D eigenvalue weighted by molar-refractivity contribution is -0.127. The molecule has 1 saturated heterocycles. The lowest BCUT2D eigenvalue weighted by Gasteiger charge is -2.14. The fourth-order valence-corrected chi connectivity index (χ4v) is 2.05. The zero-order valence-electron chi connectivity index (χ0n) is 9.77. The third-order valence-corrected chi connectivity index (χ3v) is 3.06. The van der Waals surface area contributed by atoms with E-state index in [-0.39, 0.29) is 11.9 Å². The molecular formula is C12H14N2O2S. The summed E-state index contributed by atoms with van der Waals surface area (Å²) in [4.78, 5) is 13.4. The van der Waals surface area contributed by atoms with Crippen LogP contribution in [-0.2, 0) is 11.3 Å². The van der Waals surface area contributed by atoms with Gasteiger partial charge in [-0.15, -0.1) is 0 Å². The fraction of sp³-hybridized carbons (Fsp3) is 0.333. The van der Waals surface area contributed by atoms with Crippen LogP contribution in [-0.4, -0.2) is 29.1 Å². The first-order chi connectivity index (χ1) is 8.11. The number of hydrogen-bond acceptors (Lipinski definition) is 3. The molecule has 0 aliphatic carbocycles. The summed E-state index contributed by atoms with van der Waals surface area (Å²) in [6, 6.07) is 7.38. The van der Waals surface area contributed by atoms with Crippen molar-refractivity contribution in [3.05, 3.63) is 29.8 Å². The number of benzene rings is 1. The first-order valence-corrected chi connectivity index (χ1v) is 5.77. The maximum Gasteiger partial charge on any atom is 0.251 e. The van der Waals surface area contributed by atoms with Crippen molar-refractivity contribution in [1.29, 1.82) is 0 Å². The molecular weight excluding hydrogens is 236 g/mol. The van der Waals surface area contributed by atoms with Gasteiger partial charge in [0.15, 0.2) is 5.11 Å². The van der Waals surface area contributed by atoms with Crippen molar-refractivity contribution in [2.45, 2.75) is 19.5 Å². The average Bonchev–Trinajstić information content (AvgIpc) is 2.57. The van der Waals surface area contributed by atoms with Gasteiger partial charge in [0.2, 0.25) is 0 Å². The molecule has 1 aliphatic heterocycles. The Kier molecular flexibility index (Phi) is 3.28. The van der Waals surface area contributed by atoms with Gasteiger partial charge < -0.3 is 10.1 Å². The van der Waals surface area contributed by atoms with Crippen LogP contribution in [0.3, 0.4) is 0 Å². The molecule has 0 bridgehead atoms. The van der Waals surface area contributed by atoms with Gasteiger partial charge in [-0.05, 0) is 36.8 Å². The molecule has 2 rings (SSSR count). The monoisotopic (exact) mass is 250 g/mol. The quantitative estimate of drug-likeness (QED) is 0.821. The van der Waals surface area contributed by atoms with E-state index in [4.69, 9.17) is 17.0 Å². The Hall–Kier alpha value is -1.62. The van der Waals surface area contributed by atoms with E-state index in [0.717, 1.165) is 11.3 Å². The minimum absolute atomic E-state index is 0.0193. The van der Waals surface area contributed by atoms with Gasteiger partial charge in [-0.25, -0.2) is 0 Å². The molecule has 4 nitrogen and oxygen atoms in total. The van der Waals surface area contributed by atoms with Gasteiger partial charge in [0, 0.05) is 0 Å². The summed E-state index contributed by atoms with van der Waals surface area (Å²) in [7, 11) is 1.62. The minimum atomic E-state index is -0.222. The third-order valence-electron chi connectivity index (χ3n) is 2.72. The predicted octanol–water partition coefficient (Wildman–Crippen LogP) is 1.30. The second-order valence-electron chi connectivity index (χ2n) is 3.94. The molecule has 0 saturated carbocycles. The molecule has 0 unspecified atom stereocenters. The Morgan fingerprint density at radius 2 is 2.06 bits per heavy atom. The zero-order valence-corrected chi connectivity index (χ0v) is 10.6. The topological polar surface area (TPSA) is 41.6 Å². The standard InChI is InChI=1S/C12H14N2O2S/c1-8-11(15)14(12(17)13-8)7-9-3-5-10(16-2)6-4-9/h3-6,8H,7H2,1-2H3,(H,13,17)/t8-/m1/s1. The first-order valence-electron chi connectivity index (χ1n) is 5.36. The predicted molar refractivity (Wildman–Crippen MR) is 68.7 cm³/mol. The Morgan fingerprint density at radius 1 is 1.41 bits per heavy atom. The van der Waals surface area contributed by atoms with Crippen molar-refractivity contribution in [1.82, 2.24) is 10.2 Å². The molecule has 1 aromatic rings. The molecule has 1 fully saturated rings. The summed E-state index contributed by atoms with van der Waals surface area (Å²) in [5.74, 6) is 0.821. The summed E-state index contributed by atoms with van der Waals surface area (Å²) < 4.78 is 5.08. The molecule has 1 heterocycles. The third kappa shape index (κ3) is 2.39. The molecule has 1 amide bonds. The van der Waals surface area contributed by atoms with Gasteiger partial charge in [0.25, 0.3) is 5.91 Å². The van der Waals surface area contributed by atoms with Crippen LogP contribution in [0, 0.1) is 0 Å². The Labute approximate surface area is 106 Å². The van der Waals surface area contributed by atoms with Gasteiger partial charge in [0.05, 0.1) is 13.7 Å². The largest absolute Gasteiger partial charge is 0.497 e. The zero-order chi connectivity index (χ0) is 12.4. The lowest BCUT2D eigenvalue weighted by Crippen LogP contribution is -2.30. The Bertz CT molecular complexity index is 444. The van der Waals surface area contributed by atoms with Crippen LogP contribution in [0.4, 0.5) is 0 Å². The van der Waals surface area contributed by atoms with Gasteiger partial charge in [-0.2, -0.15) is 0 Å². The van der Waals surface area contributed by atoms with Crippen LogP contribution in [0.25, 0.3) is 0 Å². The number of carbonyl (C=O) groups is 1. The molecule has 90 valence electrons. The highest BCUT2D eigenvalue weighted by atomic mass is 32.1. The summed E-state index contributed by atoms with van der Waals surface area (Å²) in [6.45, 7) is 2.31. The van der Waals surface area contributed by atoms with Gasteiger partial charge >= 0.3 is 0 Å². The van der Waals surface area contributed by atoms with E-state index >= 15 is 0 Å². The molecule has 1 atom stereocenters. The van der Waals surface area contributed by atoms with E-state index < -0.39 is 0 Å². The van der Waals surface area contributed by atoms with Crippen LogP contribution in [0.2, 0.25) is 0 Å². The maximum atomic E-state index is 11.8. The second-order valence-corrected chi connectivity index (χ2v) is 4.33. The van der Waals surface area contributed by atoms with Crippen molar-refractivity contribution < 1.29 is 9.53 Å². The fourth-order valence-electron chi connectivity index (χ4n) is 1.72. The first kappa shape index (κ1) is 11.9. The van der Waals surface area contributed by atoms with Crippen LogP contribution < -0.4 is 10.1 Å². The Morgan fingerprint density at radius 3 is 2.53 bits per heavy atom. The maximum absolute atomic E-state index is 11.8. The van der Waals surface area contributed by atoms with Gasteiger partial charge in [-0.3, -0.25) is 9.69 Å². The van der Waals surface area contributed by atoms with Crippen molar-refractivity contribution in [2.24, 2.45) is 0 Å². The molecule has 0 radical (unpaired) electrons. The number of thiocarbonyl (C=S) groups is 1. The van der Waals surface area contributed by atoms with Crippen molar-refractivity contribution in [3.8, 4) is 5.75 Å². The second kappa shape index (κ2) is 4.71. The number of methoxy groups -OCH3 is 1. The smallest absolute Gasteiger partial charge is 0.251 e. The van der Waals surface area contributed by atoms with Gasteiger partial charge in [0.1, 0.15) is 11.8 Å². The van der Waals surface area contributed by atoms with E-state index in [2.05, 4.69) is 5.32 Å². The van der Waals surface area contributed by atoms with Gasteiger partial charge in [-0.1, -0.05) is 12.1 Å².